The summed E-state index contributed by atoms with van der Waals surface area (Å²) < 4.78 is 5.57. The highest BCUT2D eigenvalue weighted by molar-refractivity contribution is 6.31. The lowest BCUT2D eigenvalue weighted by Gasteiger charge is -2.12. The van der Waals surface area contributed by atoms with Crippen molar-refractivity contribution in [3.8, 4) is 5.75 Å². The van der Waals surface area contributed by atoms with Crippen molar-refractivity contribution < 1.29 is 4.74 Å². The van der Waals surface area contributed by atoms with E-state index in [-0.39, 0.29) is 0 Å². The van der Waals surface area contributed by atoms with Crippen molar-refractivity contribution in [3.05, 3.63) is 59.4 Å². The van der Waals surface area contributed by atoms with Crippen molar-refractivity contribution in [1.82, 2.24) is 15.6 Å². The van der Waals surface area contributed by atoms with Crippen molar-refractivity contribution in [3.63, 3.8) is 0 Å². The molecular weight excluding hydrogens is 312 g/mol. The molecule has 1 aromatic heterocycles. The summed E-state index contributed by atoms with van der Waals surface area (Å²) in [4.78, 5) is 8.18. The fraction of sp³-hybridized carbons (Fsp3) is 0.294. The van der Waals surface area contributed by atoms with Crippen LogP contribution in [0, 0.1) is 0 Å². The van der Waals surface area contributed by atoms with Crippen molar-refractivity contribution >= 4 is 17.6 Å². The Morgan fingerprint density at radius 1 is 1.17 bits per heavy atom. The van der Waals surface area contributed by atoms with Crippen LogP contribution in [0.25, 0.3) is 0 Å². The van der Waals surface area contributed by atoms with E-state index in [9.17, 15) is 0 Å². The summed E-state index contributed by atoms with van der Waals surface area (Å²) in [6.07, 6.45) is 4.25. The molecule has 0 spiro atoms. The number of hydrogen-bond donors (Lipinski definition) is 2. The van der Waals surface area contributed by atoms with Crippen LogP contribution in [0.2, 0.25) is 5.02 Å². The molecule has 0 aliphatic rings. The van der Waals surface area contributed by atoms with Crippen LogP contribution in [0.3, 0.4) is 0 Å². The van der Waals surface area contributed by atoms with Gasteiger partial charge in [0.05, 0.1) is 12.7 Å². The molecule has 0 aliphatic heterocycles. The summed E-state index contributed by atoms with van der Waals surface area (Å²) >= 11 is 6.14. The molecule has 1 aromatic carbocycles. The average molecular weight is 333 g/mol. The van der Waals surface area contributed by atoms with E-state index in [4.69, 9.17) is 16.3 Å². The highest BCUT2D eigenvalue weighted by Crippen LogP contribution is 2.14. The molecule has 1 heterocycles. The molecule has 0 fully saturated rings. The van der Waals surface area contributed by atoms with Gasteiger partial charge in [0.15, 0.2) is 5.96 Å². The maximum atomic E-state index is 6.14. The first-order valence-electron chi connectivity index (χ1n) is 7.50. The Hall–Kier alpha value is -2.27. The first-order valence-corrected chi connectivity index (χ1v) is 7.88. The minimum atomic E-state index is 0.539. The van der Waals surface area contributed by atoms with E-state index in [1.807, 2.05) is 36.4 Å². The predicted molar refractivity (Wildman–Crippen MR) is 94.3 cm³/mol. The number of nitrogens with one attached hydrogen (secondary N) is 2. The third-order valence-corrected chi connectivity index (χ3v) is 3.53. The molecule has 0 amide bonds. The third kappa shape index (κ3) is 6.16. The van der Waals surface area contributed by atoms with Crippen LogP contribution in [0.4, 0.5) is 0 Å². The quantitative estimate of drug-likeness (QED) is 0.465. The van der Waals surface area contributed by atoms with Gasteiger partial charge in [-0.2, -0.15) is 0 Å². The number of ether oxygens (including phenoxy) is 1. The second kappa shape index (κ2) is 9.69. The second-order valence-corrected chi connectivity index (χ2v) is 5.21. The van der Waals surface area contributed by atoms with Gasteiger partial charge >= 0.3 is 0 Å². The normalized spacial score (nSPS) is 11.1. The first kappa shape index (κ1) is 17.1. The van der Waals surface area contributed by atoms with Gasteiger partial charge in [0.25, 0.3) is 0 Å². The van der Waals surface area contributed by atoms with E-state index in [1.165, 1.54) is 0 Å². The van der Waals surface area contributed by atoms with Gasteiger partial charge in [0, 0.05) is 24.8 Å². The van der Waals surface area contributed by atoms with Gasteiger partial charge in [-0.3, -0.25) is 9.98 Å². The smallest absolute Gasteiger partial charge is 0.191 e. The van der Waals surface area contributed by atoms with Gasteiger partial charge < -0.3 is 15.4 Å². The standard InChI is InChI=1S/C17H21ClN4O/c1-19-17(21-10-8-14-5-2-3-7-16(14)18)22-11-12-23-15-6-4-9-20-13-15/h2-7,9,13H,8,10-12H2,1H3,(H2,19,21,22). The number of aromatic nitrogens is 1. The fourth-order valence-electron chi connectivity index (χ4n) is 2.01. The number of pyridine rings is 1. The summed E-state index contributed by atoms with van der Waals surface area (Å²) in [7, 11) is 1.74. The van der Waals surface area contributed by atoms with Gasteiger partial charge in [-0.05, 0) is 30.2 Å². The minimum absolute atomic E-state index is 0.539. The number of aliphatic imine (C=N–C) groups is 1. The maximum absolute atomic E-state index is 6.14. The largest absolute Gasteiger partial charge is 0.490 e. The zero-order chi connectivity index (χ0) is 16.3. The lowest BCUT2D eigenvalue weighted by atomic mass is 10.1. The molecule has 2 aromatic rings. The van der Waals surface area contributed by atoms with Crippen LogP contribution >= 0.6 is 11.6 Å². The van der Waals surface area contributed by atoms with E-state index >= 15 is 0 Å². The number of benzene rings is 1. The Kier molecular flexibility index (Phi) is 7.20. The van der Waals surface area contributed by atoms with E-state index in [2.05, 4.69) is 20.6 Å². The van der Waals surface area contributed by atoms with Gasteiger partial charge in [-0.25, -0.2) is 0 Å². The summed E-state index contributed by atoms with van der Waals surface area (Å²) in [6.45, 7) is 1.95. The predicted octanol–water partition coefficient (Wildman–Crippen LogP) is 2.52. The van der Waals surface area contributed by atoms with Gasteiger partial charge in [0.1, 0.15) is 12.4 Å². The monoisotopic (exact) mass is 332 g/mol. The molecule has 0 bridgehead atoms. The number of nitrogens with zero attached hydrogens (tertiary/aromatic N) is 2. The number of guanidine groups is 1. The Morgan fingerprint density at radius 3 is 2.74 bits per heavy atom. The molecule has 23 heavy (non-hydrogen) atoms. The Balaban J connectivity index is 1.65. The Bertz CT molecular complexity index is 619. The molecular formula is C17H21ClN4O. The van der Waals surface area contributed by atoms with Crippen LogP contribution in [0.15, 0.2) is 53.8 Å². The Morgan fingerprint density at radius 2 is 2.00 bits per heavy atom. The van der Waals surface area contributed by atoms with E-state index in [0.29, 0.717) is 13.2 Å². The molecule has 5 nitrogen and oxygen atoms in total. The maximum Gasteiger partial charge on any atom is 0.191 e. The lowest BCUT2D eigenvalue weighted by Crippen LogP contribution is -2.40. The molecule has 6 heteroatoms. The van der Waals surface area contributed by atoms with E-state index in [0.717, 1.165) is 35.3 Å². The number of hydrogen-bond acceptors (Lipinski definition) is 3. The molecule has 122 valence electrons. The minimum Gasteiger partial charge on any atom is -0.490 e. The average Bonchev–Trinajstić information content (AvgIpc) is 2.59. The van der Waals surface area contributed by atoms with E-state index in [1.54, 1.807) is 19.4 Å². The van der Waals surface area contributed by atoms with Crippen LogP contribution in [0.5, 0.6) is 5.75 Å². The summed E-state index contributed by atoms with van der Waals surface area (Å²) in [5.74, 6) is 1.50. The second-order valence-electron chi connectivity index (χ2n) is 4.80. The lowest BCUT2D eigenvalue weighted by molar-refractivity contribution is 0.320. The van der Waals surface area contributed by atoms with Crippen molar-refractivity contribution in [2.75, 3.05) is 26.7 Å². The van der Waals surface area contributed by atoms with Crippen LogP contribution < -0.4 is 15.4 Å². The molecule has 0 unspecified atom stereocenters. The van der Waals surface area contributed by atoms with Gasteiger partial charge in [-0.15, -0.1) is 0 Å². The summed E-state index contributed by atoms with van der Waals surface area (Å²) in [6, 6.07) is 11.6. The molecule has 2 rings (SSSR count). The molecule has 2 N–H and O–H groups in total. The summed E-state index contributed by atoms with van der Waals surface area (Å²) in [5.41, 5.74) is 1.12. The topological polar surface area (TPSA) is 58.5 Å². The van der Waals surface area contributed by atoms with Crippen LogP contribution in [0.1, 0.15) is 5.56 Å². The zero-order valence-corrected chi connectivity index (χ0v) is 13.9. The van der Waals surface area contributed by atoms with Crippen molar-refractivity contribution in [2.45, 2.75) is 6.42 Å². The zero-order valence-electron chi connectivity index (χ0n) is 13.1. The van der Waals surface area contributed by atoms with Crippen LogP contribution in [-0.2, 0) is 6.42 Å². The van der Waals surface area contributed by atoms with Gasteiger partial charge in [-0.1, -0.05) is 29.8 Å². The Labute approximate surface area is 141 Å². The summed E-state index contributed by atoms with van der Waals surface area (Å²) in [5, 5.41) is 7.25. The molecule has 0 radical (unpaired) electrons. The van der Waals surface area contributed by atoms with Crippen LogP contribution in [-0.4, -0.2) is 37.7 Å². The molecule has 0 aliphatic carbocycles. The molecule has 0 saturated heterocycles. The van der Waals surface area contributed by atoms with Crippen molar-refractivity contribution in [1.29, 1.82) is 0 Å². The SMILES string of the molecule is CN=C(NCCOc1cccnc1)NCCc1ccccc1Cl. The fourth-order valence-corrected chi connectivity index (χ4v) is 2.24. The molecule has 0 atom stereocenters. The highest BCUT2D eigenvalue weighted by Gasteiger charge is 2.01. The van der Waals surface area contributed by atoms with E-state index < -0.39 is 0 Å². The van der Waals surface area contributed by atoms with Gasteiger partial charge in [0.2, 0.25) is 0 Å². The highest BCUT2D eigenvalue weighted by atomic mass is 35.5. The molecule has 0 saturated carbocycles. The third-order valence-electron chi connectivity index (χ3n) is 3.17. The van der Waals surface area contributed by atoms with Crippen molar-refractivity contribution in [2.24, 2.45) is 4.99 Å². The number of rotatable bonds is 7. The number of halogens is 1. The first-order chi connectivity index (χ1) is 11.3.